The molecule has 0 aliphatic carbocycles. The lowest BCUT2D eigenvalue weighted by molar-refractivity contribution is -0.138. The minimum absolute atomic E-state index is 0.161. The number of alkyl halides is 20. The van der Waals surface area contributed by atoms with Crippen molar-refractivity contribution in [3.8, 4) is 0 Å². The zero-order valence-electron chi connectivity index (χ0n) is 44.3. The topological polar surface area (TPSA) is 6.48 Å². The Morgan fingerprint density at radius 2 is 0.354 bits per heavy atom. The summed E-state index contributed by atoms with van der Waals surface area (Å²) >= 11 is 0. The molecule has 7 aromatic carbocycles. The lowest BCUT2D eigenvalue weighted by atomic mass is 9.74. The van der Waals surface area contributed by atoms with E-state index in [1.54, 1.807) is 52.0 Å². The van der Waals surface area contributed by atoms with Gasteiger partial charge in [-0.2, -0.15) is 52.7 Å². The van der Waals surface area contributed by atoms with Crippen LogP contribution in [0, 0.1) is 0 Å². The molecule has 0 spiro atoms. The summed E-state index contributed by atoms with van der Waals surface area (Å²) in [6.45, 7) is 8.19. The summed E-state index contributed by atoms with van der Waals surface area (Å²) < 4.78 is 290. The lowest BCUT2D eigenvalue weighted by Crippen LogP contribution is -2.22. The van der Waals surface area contributed by atoms with Crippen molar-refractivity contribution in [3.05, 3.63) is 212 Å². The molecule has 7 rings (SSSR count). The summed E-state index contributed by atoms with van der Waals surface area (Å²) in [5, 5.41) is 0. The first-order chi connectivity index (χ1) is 37.2. The van der Waals surface area contributed by atoms with Crippen LogP contribution in [0.25, 0.3) is 0 Å². The molecule has 438 valence electrons. The van der Waals surface area contributed by atoms with E-state index in [-0.39, 0.29) is 35.6 Å². The Balaban J connectivity index is 1.28. The van der Waals surface area contributed by atoms with Crippen molar-refractivity contribution in [2.75, 3.05) is 9.80 Å². The number of hydrogen-bond donors (Lipinski definition) is 0. The maximum Gasteiger partial charge on any atom is 0.416 e. The smallest absolute Gasteiger partial charge is 0.310 e. The van der Waals surface area contributed by atoms with Crippen LogP contribution in [0.15, 0.2) is 146 Å². The van der Waals surface area contributed by atoms with Gasteiger partial charge in [0.25, 0.3) is 23.7 Å². The van der Waals surface area contributed by atoms with Gasteiger partial charge in [-0.25, -0.2) is 35.1 Å². The van der Waals surface area contributed by atoms with E-state index in [1.807, 2.05) is 0 Å². The molecule has 0 bridgehead atoms. The molecular weight excluding hydrogens is 1130 g/mol. The second kappa shape index (κ2) is 20.9. The molecule has 0 heterocycles. The van der Waals surface area contributed by atoms with Gasteiger partial charge in [0.15, 0.2) is 0 Å². The van der Waals surface area contributed by atoms with Gasteiger partial charge in [0.05, 0.1) is 22.3 Å². The molecule has 2 nitrogen and oxygen atoms in total. The van der Waals surface area contributed by atoms with E-state index in [9.17, 15) is 87.8 Å². The number of rotatable bonds is 14. The molecule has 0 aliphatic rings. The number of hydrogen-bond acceptors (Lipinski definition) is 2. The normalized spacial score (nSPS) is 13.6. The van der Waals surface area contributed by atoms with E-state index in [4.69, 9.17) is 0 Å². The van der Waals surface area contributed by atoms with Crippen LogP contribution in [0.4, 0.5) is 122 Å². The average Bonchev–Trinajstić information content (AvgIpc) is 3.43. The Labute approximate surface area is 457 Å². The minimum Gasteiger partial charge on any atom is -0.310 e. The summed E-state index contributed by atoms with van der Waals surface area (Å²) in [6, 6.07) is 22.3. The Morgan fingerprint density at radius 3 is 0.512 bits per heavy atom. The Bertz CT molecular complexity index is 2930. The van der Waals surface area contributed by atoms with Crippen molar-refractivity contribution >= 4 is 34.1 Å². The van der Waals surface area contributed by atoms with Gasteiger partial charge in [0.2, 0.25) is 0 Å². The quantitative estimate of drug-likeness (QED) is 0.100. The molecule has 0 amide bonds. The highest BCUT2D eigenvalue weighted by molar-refractivity contribution is 5.80. The summed E-state index contributed by atoms with van der Waals surface area (Å²) in [5.74, 6) is -15.7. The zero-order valence-corrected chi connectivity index (χ0v) is 44.3. The van der Waals surface area contributed by atoms with Crippen molar-refractivity contribution in [2.45, 2.75) is 115 Å². The fraction of sp³-hybridized carbons (Fsp3) is 0.300. The standard InChI is InChI=1S/C60H48F20N2/c1-51(2,35-13-17-45(18-14-35)81(47-25-37(53(5,61)62)21-41(29-47)57(69,70)71)48-26-38(54(6,63)64)22-42(30-48)58(72,73)74)33-9-11-34(12-10-33)52(3,4)36-15-19-46(20-16-36)82(49-27-39(55(7,65)66)23-43(31-49)59(75,76)77)50-28-40(56(8,67)68)24-44(32-50)60(78,79)80/h9-32H,1-8H3. The fourth-order valence-electron chi connectivity index (χ4n) is 9.22. The fourth-order valence-corrected chi connectivity index (χ4v) is 9.22. The molecule has 0 radical (unpaired) electrons. The Morgan fingerprint density at radius 1 is 0.195 bits per heavy atom. The second-order valence-corrected chi connectivity index (χ2v) is 21.2. The van der Waals surface area contributed by atoms with Gasteiger partial charge in [-0.1, -0.05) is 76.2 Å². The number of anilines is 6. The van der Waals surface area contributed by atoms with Crippen LogP contribution in [0.3, 0.4) is 0 Å². The highest BCUT2D eigenvalue weighted by Gasteiger charge is 2.41. The molecule has 0 saturated carbocycles. The van der Waals surface area contributed by atoms with E-state index in [2.05, 4.69) is 0 Å². The summed E-state index contributed by atoms with van der Waals surface area (Å²) in [6.07, 6.45) is -21.0. The third-order valence-electron chi connectivity index (χ3n) is 14.1. The van der Waals surface area contributed by atoms with Gasteiger partial charge in [-0.15, -0.1) is 0 Å². The van der Waals surface area contributed by atoms with E-state index in [0.29, 0.717) is 98.5 Å². The summed E-state index contributed by atoms with van der Waals surface area (Å²) in [7, 11) is 0. The Kier molecular flexibility index (Phi) is 15.9. The van der Waals surface area contributed by atoms with Crippen molar-refractivity contribution < 1.29 is 87.8 Å². The van der Waals surface area contributed by atoms with Gasteiger partial charge in [-0.05, 0) is 119 Å². The summed E-state index contributed by atoms with van der Waals surface area (Å²) in [4.78, 5) is 1.44. The third-order valence-corrected chi connectivity index (χ3v) is 14.1. The van der Waals surface area contributed by atoms with Gasteiger partial charge < -0.3 is 9.80 Å². The lowest BCUT2D eigenvalue weighted by Gasteiger charge is -2.32. The van der Waals surface area contributed by atoms with Gasteiger partial charge in [0.1, 0.15) is 0 Å². The van der Waals surface area contributed by atoms with Crippen LogP contribution >= 0.6 is 0 Å². The van der Waals surface area contributed by atoms with Gasteiger partial charge in [0, 0.05) is 94.9 Å². The number of halogens is 20. The van der Waals surface area contributed by atoms with E-state index in [1.165, 1.54) is 48.5 Å². The molecule has 0 unspecified atom stereocenters. The van der Waals surface area contributed by atoms with Gasteiger partial charge >= 0.3 is 24.7 Å². The summed E-state index contributed by atoms with van der Waals surface area (Å²) in [5.41, 5.74) is -14.4. The Hall–Kier alpha value is -7.26. The largest absolute Gasteiger partial charge is 0.416 e. The van der Waals surface area contributed by atoms with Crippen molar-refractivity contribution in [1.29, 1.82) is 0 Å². The highest BCUT2D eigenvalue weighted by Crippen LogP contribution is 2.49. The highest BCUT2D eigenvalue weighted by atomic mass is 19.4. The van der Waals surface area contributed by atoms with Crippen molar-refractivity contribution in [1.82, 2.24) is 0 Å². The third kappa shape index (κ3) is 13.5. The van der Waals surface area contributed by atoms with Crippen LogP contribution in [0.5, 0.6) is 0 Å². The number of benzene rings is 7. The monoisotopic (exact) mass is 1180 g/mol. The maximum atomic E-state index is 14.8. The van der Waals surface area contributed by atoms with E-state index >= 15 is 0 Å². The average molecular weight is 1180 g/mol. The molecule has 0 N–H and O–H groups in total. The second-order valence-electron chi connectivity index (χ2n) is 21.2. The first-order valence-corrected chi connectivity index (χ1v) is 24.5. The first-order valence-electron chi connectivity index (χ1n) is 24.5. The van der Waals surface area contributed by atoms with Crippen molar-refractivity contribution in [2.24, 2.45) is 0 Å². The van der Waals surface area contributed by atoms with Crippen LogP contribution in [0.1, 0.15) is 122 Å². The molecule has 0 fully saturated rings. The van der Waals surface area contributed by atoms with E-state index < -0.39 is 126 Å². The zero-order chi connectivity index (χ0) is 61.5. The molecule has 0 saturated heterocycles. The predicted molar refractivity (Wildman–Crippen MR) is 271 cm³/mol. The van der Waals surface area contributed by atoms with Crippen molar-refractivity contribution in [3.63, 3.8) is 0 Å². The first kappa shape index (κ1) is 62.3. The van der Waals surface area contributed by atoms with Crippen LogP contribution in [-0.4, -0.2) is 0 Å². The van der Waals surface area contributed by atoms with E-state index in [0.717, 1.165) is 9.80 Å². The van der Waals surface area contributed by atoms with Gasteiger partial charge in [-0.3, -0.25) is 0 Å². The minimum atomic E-state index is -5.25. The molecule has 22 heteroatoms. The SMILES string of the molecule is CC(F)(F)c1cc(N(c2ccc(C(C)(C)c3ccc(C(C)(C)c4ccc(N(c5cc(C(C)(F)F)cc(C(F)(F)F)c5)c5cc(C(C)(F)F)cc(C(F)(F)F)c5)cc4)cc3)cc2)c2cc(C(C)(F)F)cc(C(F)(F)F)c2)cc(C(F)(F)F)c1. The molecule has 0 aliphatic heterocycles. The molecule has 0 atom stereocenters. The molecule has 82 heavy (non-hydrogen) atoms. The van der Waals surface area contributed by atoms with Crippen LogP contribution < -0.4 is 9.80 Å². The predicted octanol–water partition coefficient (Wildman–Crippen LogP) is 21.8. The molecule has 0 aromatic heterocycles. The molecular formula is C60H48F20N2. The van der Waals surface area contributed by atoms with Crippen LogP contribution in [0.2, 0.25) is 0 Å². The number of nitrogens with zero attached hydrogens (tertiary/aromatic N) is 2. The van der Waals surface area contributed by atoms with Crippen LogP contribution in [-0.2, 0) is 59.2 Å². The molecule has 7 aromatic rings. The maximum absolute atomic E-state index is 14.8.